The fourth-order valence-electron chi connectivity index (χ4n) is 1.53. The number of H-pyrrole nitrogens is 1. The number of nitrogens with zero attached hydrogens (tertiary/aromatic N) is 2. The van der Waals surface area contributed by atoms with Gasteiger partial charge in [0.25, 0.3) is 5.91 Å². The van der Waals surface area contributed by atoms with Gasteiger partial charge in [-0.15, -0.1) is 0 Å². The first-order valence-corrected chi connectivity index (χ1v) is 5.79. The van der Waals surface area contributed by atoms with E-state index in [1.165, 1.54) is 12.4 Å². The zero-order chi connectivity index (χ0) is 14.4. The van der Waals surface area contributed by atoms with E-state index in [1.54, 1.807) is 38.5 Å². The van der Waals surface area contributed by atoms with Crippen LogP contribution in [0.1, 0.15) is 16.1 Å². The topological polar surface area (TPSA) is 88.6 Å². The van der Waals surface area contributed by atoms with Crippen molar-refractivity contribution in [2.75, 3.05) is 14.2 Å². The Morgan fingerprint density at radius 1 is 1.35 bits per heavy atom. The summed E-state index contributed by atoms with van der Waals surface area (Å²) in [5, 5.41) is 10.1. The largest absolute Gasteiger partial charge is 0.497 e. The number of hydrogen-bond donors (Lipinski definition) is 2. The van der Waals surface area contributed by atoms with Crippen LogP contribution in [0.3, 0.4) is 0 Å². The average Bonchev–Trinajstić information content (AvgIpc) is 3.01. The molecule has 1 amide bonds. The van der Waals surface area contributed by atoms with Crippen LogP contribution in [-0.2, 0) is 0 Å². The monoisotopic (exact) mass is 274 g/mol. The molecule has 0 unspecified atom stereocenters. The predicted molar refractivity (Wildman–Crippen MR) is 73.2 cm³/mol. The second-order valence-electron chi connectivity index (χ2n) is 3.78. The molecule has 0 radical (unpaired) electrons. The van der Waals surface area contributed by atoms with E-state index >= 15 is 0 Å². The number of benzene rings is 1. The van der Waals surface area contributed by atoms with Gasteiger partial charge < -0.3 is 9.47 Å². The van der Waals surface area contributed by atoms with Gasteiger partial charge in [0.1, 0.15) is 17.2 Å². The number of aromatic amines is 1. The molecule has 0 saturated heterocycles. The summed E-state index contributed by atoms with van der Waals surface area (Å²) in [6.07, 6.45) is 2.98. The minimum Gasteiger partial charge on any atom is -0.497 e. The zero-order valence-electron chi connectivity index (χ0n) is 11.1. The molecule has 104 valence electrons. The number of aromatic nitrogens is 2. The highest BCUT2D eigenvalue weighted by atomic mass is 16.5. The van der Waals surface area contributed by atoms with Crippen molar-refractivity contribution in [3.63, 3.8) is 0 Å². The molecule has 0 atom stereocenters. The van der Waals surface area contributed by atoms with Crippen LogP contribution in [0.2, 0.25) is 0 Å². The quantitative estimate of drug-likeness (QED) is 0.633. The van der Waals surface area contributed by atoms with Gasteiger partial charge in [0, 0.05) is 17.8 Å². The number of nitrogens with one attached hydrogen (secondary N) is 2. The van der Waals surface area contributed by atoms with Crippen LogP contribution in [-0.4, -0.2) is 36.5 Å². The minimum absolute atomic E-state index is 0.337. The number of ether oxygens (including phenoxy) is 2. The van der Waals surface area contributed by atoms with E-state index in [2.05, 4.69) is 20.7 Å². The molecule has 2 aromatic rings. The van der Waals surface area contributed by atoms with E-state index in [1.807, 2.05) is 0 Å². The third kappa shape index (κ3) is 3.14. The Balaban J connectivity index is 2.06. The number of carbonyl (C=O) groups excluding carboxylic acids is 1. The second-order valence-corrected chi connectivity index (χ2v) is 3.78. The highest BCUT2D eigenvalue weighted by Crippen LogP contribution is 2.22. The Labute approximate surface area is 115 Å². The van der Waals surface area contributed by atoms with E-state index in [0.717, 1.165) is 5.56 Å². The van der Waals surface area contributed by atoms with Crippen molar-refractivity contribution in [3.05, 3.63) is 41.7 Å². The van der Waals surface area contributed by atoms with Crippen molar-refractivity contribution in [3.8, 4) is 11.5 Å². The van der Waals surface area contributed by atoms with Crippen LogP contribution in [0.15, 0.2) is 35.6 Å². The fourth-order valence-corrected chi connectivity index (χ4v) is 1.53. The maximum atomic E-state index is 11.6. The molecule has 1 aromatic heterocycles. The predicted octanol–water partition coefficient (Wildman–Crippen LogP) is 1.19. The van der Waals surface area contributed by atoms with Gasteiger partial charge in [-0.05, 0) is 18.2 Å². The fraction of sp³-hybridized carbons (Fsp3) is 0.154. The lowest BCUT2D eigenvalue weighted by Crippen LogP contribution is -2.18. The van der Waals surface area contributed by atoms with Crippen molar-refractivity contribution < 1.29 is 14.3 Å². The van der Waals surface area contributed by atoms with Crippen LogP contribution in [0, 0.1) is 0 Å². The smallest absolute Gasteiger partial charge is 0.289 e. The molecule has 0 spiro atoms. The molecular formula is C13H14N4O3. The highest BCUT2D eigenvalue weighted by Gasteiger charge is 2.05. The Morgan fingerprint density at radius 2 is 2.20 bits per heavy atom. The molecule has 1 heterocycles. The summed E-state index contributed by atoms with van der Waals surface area (Å²) in [5.41, 5.74) is 3.44. The summed E-state index contributed by atoms with van der Waals surface area (Å²) < 4.78 is 10.3. The van der Waals surface area contributed by atoms with Crippen LogP contribution in [0.5, 0.6) is 11.5 Å². The first-order chi connectivity index (χ1) is 9.74. The molecule has 2 N–H and O–H groups in total. The van der Waals surface area contributed by atoms with Crippen LogP contribution < -0.4 is 14.9 Å². The number of rotatable bonds is 5. The molecule has 7 nitrogen and oxygen atoms in total. The molecule has 0 fully saturated rings. The van der Waals surface area contributed by atoms with Gasteiger partial charge in [-0.2, -0.15) is 10.2 Å². The average molecular weight is 274 g/mol. The lowest BCUT2D eigenvalue weighted by molar-refractivity contribution is 0.0950. The standard InChI is InChI=1S/C13H14N4O3/c1-19-10-4-3-9(12(7-10)20-2)8-15-17-13(18)11-5-6-14-16-11/h3-8H,1-2H3,(H,14,16)(H,17,18). The van der Waals surface area contributed by atoms with Gasteiger partial charge >= 0.3 is 0 Å². The van der Waals surface area contributed by atoms with Gasteiger partial charge in [0.15, 0.2) is 0 Å². The minimum atomic E-state index is -0.369. The van der Waals surface area contributed by atoms with Gasteiger partial charge in [-0.1, -0.05) is 0 Å². The summed E-state index contributed by atoms with van der Waals surface area (Å²) in [6, 6.07) is 6.85. The molecule has 0 saturated carbocycles. The summed E-state index contributed by atoms with van der Waals surface area (Å²) in [7, 11) is 3.13. The van der Waals surface area contributed by atoms with Crippen LogP contribution >= 0.6 is 0 Å². The van der Waals surface area contributed by atoms with Gasteiger partial charge in [-0.25, -0.2) is 5.43 Å². The molecule has 0 aliphatic rings. The van der Waals surface area contributed by atoms with Crippen molar-refractivity contribution >= 4 is 12.1 Å². The number of methoxy groups -OCH3 is 2. The third-order valence-electron chi connectivity index (χ3n) is 2.56. The molecule has 0 aliphatic heterocycles. The molecule has 2 rings (SSSR count). The van der Waals surface area contributed by atoms with E-state index < -0.39 is 0 Å². The molecule has 1 aromatic carbocycles. The summed E-state index contributed by atoms with van der Waals surface area (Å²) in [5.74, 6) is 0.913. The van der Waals surface area contributed by atoms with Crippen LogP contribution in [0.4, 0.5) is 0 Å². The maximum absolute atomic E-state index is 11.6. The Bertz CT molecular complexity index is 608. The maximum Gasteiger partial charge on any atom is 0.289 e. The Morgan fingerprint density at radius 3 is 2.85 bits per heavy atom. The van der Waals surface area contributed by atoms with Gasteiger partial charge in [0.05, 0.1) is 20.4 Å². The first kappa shape index (κ1) is 13.6. The Hall–Kier alpha value is -2.83. The number of hydrazone groups is 1. The number of amides is 1. The molecular weight excluding hydrogens is 260 g/mol. The van der Waals surface area contributed by atoms with Crippen molar-refractivity contribution in [1.82, 2.24) is 15.6 Å². The van der Waals surface area contributed by atoms with E-state index in [9.17, 15) is 4.79 Å². The SMILES string of the molecule is COc1ccc(C=NNC(=O)c2ccn[nH]2)c(OC)c1. The molecule has 0 bridgehead atoms. The van der Waals surface area contributed by atoms with E-state index in [4.69, 9.17) is 9.47 Å². The lowest BCUT2D eigenvalue weighted by atomic mass is 10.2. The van der Waals surface area contributed by atoms with Crippen LogP contribution in [0.25, 0.3) is 0 Å². The van der Waals surface area contributed by atoms with E-state index in [0.29, 0.717) is 17.2 Å². The zero-order valence-corrected chi connectivity index (χ0v) is 11.1. The number of carbonyl (C=O) groups is 1. The van der Waals surface area contributed by atoms with E-state index in [-0.39, 0.29) is 5.91 Å². The van der Waals surface area contributed by atoms with Crippen molar-refractivity contribution in [2.24, 2.45) is 5.10 Å². The van der Waals surface area contributed by atoms with Gasteiger partial charge in [-0.3, -0.25) is 9.89 Å². The molecule has 20 heavy (non-hydrogen) atoms. The molecule has 7 heteroatoms. The lowest BCUT2D eigenvalue weighted by Gasteiger charge is -2.06. The summed E-state index contributed by atoms with van der Waals surface area (Å²) >= 11 is 0. The first-order valence-electron chi connectivity index (χ1n) is 5.79. The normalized spacial score (nSPS) is 10.5. The second kappa shape index (κ2) is 6.37. The summed E-state index contributed by atoms with van der Waals surface area (Å²) in [4.78, 5) is 11.6. The number of hydrogen-bond acceptors (Lipinski definition) is 5. The Kier molecular flexibility index (Phi) is 4.33. The van der Waals surface area contributed by atoms with Crippen molar-refractivity contribution in [1.29, 1.82) is 0 Å². The van der Waals surface area contributed by atoms with Gasteiger partial charge in [0.2, 0.25) is 0 Å². The summed E-state index contributed by atoms with van der Waals surface area (Å²) in [6.45, 7) is 0. The highest BCUT2D eigenvalue weighted by molar-refractivity contribution is 5.93. The third-order valence-corrected chi connectivity index (χ3v) is 2.56. The van der Waals surface area contributed by atoms with Crippen molar-refractivity contribution in [2.45, 2.75) is 0 Å². The molecule has 0 aliphatic carbocycles.